The highest BCUT2D eigenvalue weighted by Gasteiger charge is 2.20. The smallest absolute Gasteiger partial charge is 0.250 e. The molecule has 1 atom stereocenters. The van der Waals surface area contributed by atoms with Crippen LogP contribution in [-0.4, -0.2) is 47.8 Å². The molecule has 1 fully saturated rings. The van der Waals surface area contributed by atoms with Crippen molar-refractivity contribution in [1.29, 1.82) is 0 Å². The highest BCUT2D eigenvalue weighted by molar-refractivity contribution is 5.81. The SMILES string of the molecule is Cc1nc2ccccc2n1CCCNC(=O)C1CNCCO1. The van der Waals surface area contributed by atoms with Gasteiger partial charge < -0.3 is 19.9 Å². The zero-order valence-corrected chi connectivity index (χ0v) is 12.8. The van der Waals surface area contributed by atoms with Gasteiger partial charge >= 0.3 is 0 Å². The third kappa shape index (κ3) is 3.28. The fourth-order valence-electron chi connectivity index (χ4n) is 2.77. The van der Waals surface area contributed by atoms with E-state index in [-0.39, 0.29) is 12.0 Å². The molecule has 118 valence electrons. The molecule has 1 unspecified atom stereocenters. The summed E-state index contributed by atoms with van der Waals surface area (Å²) in [6.45, 7) is 5.51. The molecule has 22 heavy (non-hydrogen) atoms. The number of imidazole rings is 1. The van der Waals surface area contributed by atoms with Gasteiger partial charge in [0.2, 0.25) is 5.91 Å². The predicted molar refractivity (Wildman–Crippen MR) is 84.7 cm³/mol. The second-order valence-corrected chi connectivity index (χ2v) is 5.51. The summed E-state index contributed by atoms with van der Waals surface area (Å²) in [4.78, 5) is 16.5. The van der Waals surface area contributed by atoms with Crippen molar-refractivity contribution in [1.82, 2.24) is 20.2 Å². The van der Waals surface area contributed by atoms with Crippen molar-refractivity contribution >= 4 is 16.9 Å². The van der Waals surface area contributed by atoms with Crippen LogP contribution in [0.15, 0.2) is 24.3 Å². The molecule has 1 aromatic carbocycles. The Labute approximate surface area is 129 Å². The molecule has 1 aromatic heterocycles. The van der Waals surface area contributed by atoms with Crippen LogP contribution in [0.25, 0.3) is 11.0 Å². The number of nitrogens with zero attached hydrogens (tertiary/aromatic N) is 2. The Morgan fingerprint density at radius 3 is 3.18 bits per heavy atom. The highest BCUT2D eigenvalue weighted by atomic mass is 16.5. The maximum Gasteiger partial charge on any atom is 0.250 e. The summed E-state index contributed by atoms with van der Waals surface area (Å²) in [5.41, 5.74) is 2.16. The van der Waals surface area contributed by atoms with E-state index in [1.807, 2.05) is 25.1 Å². The molecule has 6 heteroatoms. The first-order valence-electron chi connectivity index (χ1n) is 7.77. The van der Waals surface area contributed by atoms with Crippen LogP contribution >= 0.6 is 0 Å². The van der Waals surface area contributed by atoms with E-state index in [0.717, 1.165) is 36.4 Å². The monoisotopic (exact) mass is 302 g/mol. The number of ether oxygens (including phenoxy) is 1. The van der Waals surface area contributed by atoms with E-state index >= 15 is 0 Å². The molecule has 3 rings (SSSR count). The number of rotatable bonds is 5. The Morgan fingerprint density at radius 1 is 1.50 bits per heavy atom. The van der Waals surface area contributed by atoms with Crippen molar-refractivity contribution in [2.24, 2.45) is 0 Å². The van der Waals surface area contributed by atoms with E-state index in [1.54, 1.807) is 0 Å². The summed E-state index contributed by atoms with van der Waals surface area (Å²) >= 11 is 0. The van der Waals surface area contributed by atoms with E-state index < -0.39 is 0 Å². The average molecular weight is 302 g/mol. The zero-order valence-electron chi connectivity index (χ0n) is 12.8. The van der Waals surface area contributed by atoms with E-state index in [4.69, 9.17) is 4.74 Å². The Hall–Kier alpha value is -1.92. The van der Waals surface area contributed by atoms with E-state index in [1.165, 1.54) is 0 Å². The zero-order chi connectivity index (χ0) is 15.4. The topological polar surface area (TPSA) is 68.2 Å². The Morgan fingerprint density at radius 2 is 2.36 bits per heavy atom. The number of para-hydroxylation sites is 2. The maximum atomic E-state index is 11.9. The number of hydrogen-bond donors (Lipinski definition) is 2. The molecule has 1 amide bonds. The van der Waals surface area contributed by atoms with Crippen LogP contribution in [0.1, 0.15) is 12.2 Å². The van der Waals surface area contributed by atoms with Crippen LogP contribution in [0, 0.1) is 6.92 Å². The van der Waals surface area contributed by atoms with Crippen molar-refractivity contribution in [3.05, 3.63) is 30.1 Å². The summed E-state index contributed by atoms with van der Waals surface area (Å²) < 4.78 is 7.62. The highest BCUT2D eigenvalue weighted by Crippen LogP contribution is 2.15. The van der Waals surface area contributed by atoms with Crippen LogP contribution in [0.4, 0.5) is 0 Å². The van der Waals surface area contributed by atoms with Gasteiger partial charge in [0, 0.05) is 26.2 Å². The lowest BCUT2D eigenvalue weighted by Gasteiger charge is -2.22. The summed E-state index contributed by atoms with van der Waals surface area (Å²) in [6, 6.07) is 8.12. The van der Waals surface area contributed by atoms with Crippen molar-refractivity contribution in [2.75, 3.05) is 26.2 Å². The Kier molecular flexibility index (Phi) is 4.70. The maximum absolute atomic E-state index is 11.9. The third-order valence-corrected chi connectivity index (χ3v) is 3.92. The van der Waals surface area contributed by atoms with E-state index in [0.29, 0.717) is 19.7 Å². The van der Waals surface area contributed by atoms with Gasteiger partial charge in [0.05, 0.1) is 17.6 Å². The largest absolute Gasteiger partial charge is 0.366 e. The number of fused-ring (bicyclic) bond motifs is 1. The van der Waals surface area contributed by atoms with Gasteiger partial charge in [0.15, 0.2) is 0 Å². The van der Waals surface area contributed by atoms with Crippen LogP contribution in [-0.2, 0) is 16.1 Å². The minimum Gasteiger partial charge on any atom is -0.366 e. The Bertz CT molecular complexity index is 647. The molecule has 1 aliphatic heterocycles. The molecule has 6 nitrogen and oxygen atoms in total. The van der Waals surface area contributed by atoms with Crippen molar-refractivity contribution in [3.63, 3.8) is 0 Å². The fraction of sp³-hybridized carbons (Fsp3) is 0.500. The quantitative estimate of drug-likeness (QED) is 0.803. The number of aryl methyl sites for hydroxylation is 2. The molecule has 0 bridgehead atoms. The number of amides is 1. The first-order chi connectivity index (χ1) is 10.8. The number of morpholine rings is 1. The lowest BCUT2D eigenvalue weighted by Crippen LogP contribution is -2.48. The van der Waals surface area contributed by atoms with Gasteiger partial charge in [-0.2, -0.15) is 0 Å². The average Bonchev–Trinajstić information content (AvgIpc) is 2.88. The van der Waals surface area contributed by atoms with Crippen LogP contribution in [0.3, 0.4) is 0 Å². The number of hydrogen-bond acceptors (Lipinski definition) is 4. The molecular weight excluding hydrogens is 280 g/mol. The predicted octanol–water partition coefficient (Wildman–Crippen LogP) is 0.839. The van der Waals surface area contributed by atoms with Crippen LogP contribution in [0.2, 0.25) is 0 Å². The first-order valence-corrected chi connectivity index (χ1v) is 7.77. The summed E-state index contributed by atoms with van der Waals surface area (Å²) in [5.74, 6) is 0.978. The first kappa shape index (κ1) is 15.0. The minimum absolute atomic E-state index is 0.0283. The third-order valence-electron chi connectivity index (χ3n) is 3.92. The van der Waals surface area contributed by atoms with Gasteiger partial charge in [-0.3, -0.25) is 4.79 Å². The van der Waals surface area contributed by atoms with Crippen molar-refractivity contribution < 1.29 is 9.53 Å². The van der Waals surface area contributed by atoms with Crippen molar-refractivity contribution in [2.45, 2.75) is 26.0 Å². The van der Waals surface area contributed by atoms with Gasteiger partial charge in [-0.25, -0.2) is 4.98 Å². The lowest BCUT2D eigenvalue weighted by atomic mass is 10.3. The van der Waals surface area contributed by atoms with Gasteiger partial charge in [0.1, 0.15) is 11.9 Å². The van der Waals surface area contributed by atoms with Gasteiger partial charge in [0.25, 0.3) is 0 Å². The van der Waals surface area contributed by atoms with Crippen molar-refractivity contribution in [3.8, 4) is 0 Å². The molecule has 0 saturated carbocycles. The van der Waals surface area contributed by atoms with Gasteiger partial charge in [-0.1, -0.05) is 12.1 Å². The molecule has 0 radical (unpaired) electrons. The molecule has 2 heterocycles. The van der Waals surface area contributed by atoms with Crippen LogP contribution in [0.5, 0.6) is 0 Å². The van der Waals surface area contributed by atoms with Gasteiger partial charge in [-0.05, 0) is 25.5 Å². The fourth-order valence-corrected chi connectivity index (χ4v) is 2.77. The minimum atomic E-state index is -0.357. The molecular formula is C16H22N4O2. The molecule has 2 N–H and O–H groups in total. The lowest BCUT2D eigenvalue weighted by molar-refractivity contribution is -0.134. The summed E-state index contributed by atoms with van der Waals surface area (Å²) in [6.07, 6.45) is 0.511. The number of benzene rings is 1. The molecule has 1 saturated heterocycles. The number of carbonyl (C=O) groups excluding carboxylic acids is 1. The molecule has 2 aromatic rings. The second kappa shape index (κ2) is 6.89. The van der Waals surface area contributed by atoms with E-state index in [9.17, 15) is 4.79 Å². The number of nitrogens with one attached hydrogen (secondary N) is 2. The summed E-state index contributed by atoms with van der Waals surface area (Å²) in [5, 5.41) is 6.10. The molecule has 0 spiro atoms. The standard InChI is InChI=1S/C16H22N4O2/c1-12-19-13-5-2-3-6-14(13)20(12)9-4-7-18-16(21)15-11-17-8-10-22-15/h2-3,5-6,15,17H,4,7-11H2,1H3,(H,18,21). The number of carbonyl (C=O) groups is 1. The second-order valence-electron chi connectivity index (χ2n) is 5.51. The van der Waals surface area contributed by atoms with E-state index in [2.05, 4.69) is 26.3 Å². The van der Waals surface area contributed by atoms with Crippen LogP contribution < -0.4 is 10.6 Å². The Balaban J connectivity index is 1.50. The summed E-state index contributed by atoms with van der Waals surface area (Å²) in [7, 11) is 0. The number of aromatic nitrogens is 2. The molecule has 0 aliphatic carbocycles. The normalized spacial score (nSPS) is 18.5. The van der Waals surface area contributed by atoms with Gasteiger partial charge in [-0.15, -0.1) is 0 Å². The molecule has 1 aliphatic rings.